The smallest absolute Gasteiger partial charge is 0.121 e. The minimum absolute atomic E-state index is 0.379. The van der Waals surface area contributed by atoms with Gasteiger partial charge in [0.2, 0.25) is 0 Å². The molecule has 0 bridgehead atoms. The number of nitriles is 1. The highest BCUT2D eigenvalue weighted by atomic mass is 16.5. The number of ether oxygens (including phenoxy) is 1. The van der Waals surface area contributed by atoms with Crippen molar-refractivity contribution in [3.05, 3.63) is 29.3 Å². The summed E-state index contributed by atoms with van der Waals surface area (Å²) in [5.41, 5.74) is 1.72. The molecule has 2 heteroatoms. The van der Waals surface area contributed by atoms with Gasteiger partial charge in [0.05, 0.1) is 17.7 Å². The Morgan fingerprint density at radius 2 is 2.21 bits per heavy atom. The standard InChI is InChI=1S/C12H13NO/c1-9-5-6-12(7-10(9)8-13)14-11-3-2-4-11/h5-7,11H,2-4H2,1H3. The van der Waals surface area contributed by atoms with Gasteiger partial charge in [0.25, 0.3) is 0 Å². The zero-order chi connectivity index (χ0) is 9.97. The highest BCUT2D eigenvalue weighted by Crippen LogP contribution is 2.26. The van der Waals surface area contributed by atoms with E-state index in [1.807, 2.05) is 25.1 Å². The van der Waals surface area contributed by atoms with Crippen molar-refractivity contribution in [1.82, 2.24) is 0 Å². The Morgan fingerprint density at radius 1 is 1.43 bits per heavy atom. The van der Waals surface area contributed by atoms with E-state index in [1.54, 1.807) is 0 Å². The SMILES string of the molecule is Cc1ccc(OC2CCC2)cc1C#N. The number of rotatable bonds is 2. The predicted molar refractivity (Wildman–Crippen MR) is 54.2 cm³/mol. The minimum atomic E-state index is 0.379. The Bertz CT molecular complexity index is 374. The van der Waals surface area contributed by atoms with Crippen LogP contribution in [0.1, 0.15) is 30.4 Å². The van der Waals surface area contributed by atoms with E-state index in [1.165, 1.54) is 6.42 Å². The lowest BCUT2D eigenvalue weighted by Crippen LogP contribution is -2.24. The fourth-order valence-corrected chi connectivity index (χ4v) is 1.48. The number of aryl methyl sites for hydroxylation is 1. The van der Waals surface area contributed by atoms with E-state index in [-0.39, 0.29) is 0 Å². The van der Waals surface area contributed by atoms with Crippen molar-refractivity contribution in [3.63, 3.8) is 0 Å². The normalized spacial score (nSPS) is 15.7. The van der Waals surface area contributed by atoms with Crippen LogP contribution in [0.4, 0.5) is 0 Å². The Hall–Kier alpha value is -1.49. The van der Waals surface area contributed by atoms with E-state index in [4.69, 9.17) is 10.00 Å². The van der Waals surface area contributed by atoms with Crippen LogP contribution >= 0.6 is 0 Å². The van der Waals surface area contributed by atoms with Gasteiger partial charge in [-0.05, 0) is 43.9 Å². The van der Waals surface area contributed by atoms with Crippen LogP contribution in [-0.2, 0) is 0 Å². The molecular formula is C12H13NO. The first kappa shape index (κ1) is 9.08. The van der Waals surface area contributed by atoms with Gasteiger partial charge in [-0.2, -0.15) is 5.26 Å². The summed E-state index contributed by atoms with van der Waals surface area (Å²) in [6, 6.07) is 7.87. The average Bonchev–Trinajstić information content (AvgIpc) is 2.14. The maximum atomic E-state index is 8.84. The third-order valence-electron chi connectivity index (χ3n) is 2.68. The first-order valence-electron chi connectivity index (χ1n) is 4.97. The summed E-state index contributed by atoms with van der Waals surface area (Å²) >= 11 is 0. The highest BCUT2D eigenvalue weighted by molar-refractivity contribution is 5.42. The monoisotopic (exact) mass is 187 g/mol. The van der Waals surface area contributed by atoms with Crippen LogP contribution in [0.25, 0.3) is 0 Å². The van der Waals surface area contributed by atoms with Crippen molar-refractivity contribution >= 4 is 0 Å². The molecule has 0 aromatic heterocycles. The molecule has 1 aromatic carbocycles. The molecule has 2 rings (SSSR count). The van der Waals surface area contributed by atoms with E-state index in [9.17, 15) is 0 Å². The zero-order valence-corrected chi connectivity index (χ0v) is 8.29. The van der Waals surface area contributed by atoms with E-state index in [0.29, 0.717) is 11.7 Å². The summed E-state index contributed by atoms with van der Waals surface area (Å²) in [6.45, 7) is 1.94. The summed E-state index contributed by atoms with van der Waals surface area (Å²) in [5, 5.41) is 8.84. The van der Waals surface area contributed by atoms with Crippen molar-refractivity contribution in [2.24, 2.45) is 0 Å². The van der Waals surface area contributed by atoms with E-state index < -0.39 is 0 Å². The van der Waals surface area contributed by atoms with Crippen LogP contribution < -0.4 is 4.74 Å². The van der Waals surface area contributed by atoms with Crippen LogP contribution in [0.2, 0.25) is 0 Å². The van der Waals surface area contributed by atoms with Crippen LogP contribution in [0, 0.1) is 18.3 Å². The minimum Gasteiger partial charge on any atom is -0.490 e. The molecule has 0 aliphatic heterocycles. The number of nitrogens with zero attached hydrogens (tertiary/aromatic N) is 1. The van der Waals surface area contributed by atoms with Gasteiger partial charge < -0.3 is 4.74 Å². The summed E-state index contributed by atoms with van der Waals surface area (Å²) in [7, 11) is 0. The van der Waals surface area contributed by atoms with Crippen molar-refractivity contribution in [2.75, 3.05) is 0 Å². The third-order valence-corrected chi connectivity index (χ3v) is 2.68. The second-order valence-corrected chi connectivity index (χ2v) is 3.76. The van der Waals surface area contributed by atoms with Crippen LogP contribution in [-0.4, -0.2) is 6.10 Å². The molecule has 1 saturated carbocycles. The Labute approximate surface area is 84.1 Å². The lowest BCUT2D eigenvalue weighted by atomic mass is 9.96. The van der Waals surface area contributed by atoms with Crippen molar-refractivity contribution in [1.29, 1.82) is 5.26 Å². The van der Waals surface area contributed by atoms with Crippen molar-refractivity contribution < 1.29 is 4.74 Å². The quantitative estimate of drug-likeness (QED) is 0.713. The fraction of sp³-hybridized carbons (Fsp3) is 0.417. The molecule has 0 radical (unpaired) electrons. The number of hydrogen-bond acceptors (Lipinski definition) is 2. The first-order valence-corrected chi connectivity index (χ1v) is 4.97. The summed E-state index contributed by atoms with van der Waals surface area (Å²) in [4.78, 5) is 0. The molecule has 0 unspecified atom stereocenters. The molecule has 0 atom stereocenters. The third kappa shape index (κ3) is 1.72. The highest BCUT2D eigenvalue weighted by Gasteiger charge is 2.19. The van der Waals surface area contributed by atoms with Gasteiger partial charge in [-0.3, -0.25) is 0 Å². The van der Waals surface area contributed by atoms with Gasteiger partial charge in [0, 0.05) is 0 Å². The molecular weight excluding hydrogens is 174 g/mol. The molecule has 0 spiro atoms. The van der Waals surface area contributed by atoms with Gasteiger partial charge in [0.1, 0.15) is 5.75 Å². The molecule has 1 aliphatic rings. The second kappa shape index (κ2) is 3.71. The van der Waals surface area contributed by atoms with Crippen LogP contribution in [0.5, 0.6) is 5.75 Å². The summed E-state index contributed by atoms with van der Waals surface area (Å²) in [5.74, 6) is 0.830. The molecule has 1 aromatic rings. The average molecular weight is 187 g/mol. The molecule has 0 heterocycles. The Balaban J connectivity index is 2.14. The molecule has 72 valence electrons. The Kier molecular flexibility index (Phi) is 2.41. The molecule has 0 saturated heterocycles. The largest absolute Gasteiger partial charge is 0.490 e. The number of benzene rings is 1. The lowest BCUT2D eigenvalue weighted by Gasteiger charge is -2.26. The van der Waals surface area contributed by atoms with E-state index in [2.05, 4.69) is 6.07 Å². The van der Waals surface area contributed by atoms with Crippen molar-refractivity contribution in [3.8, 4) is 11.8 Å². The summed E-state index contributed by atoms with van der Waals surface area (Å²) < 4.78 is 5.70. The molecule has 14 heavy (non-hydrogen) atoms. The second-order valence-electron chi connectivity index (χ2n) is 3.76. The molecule has 0 amide bonds. The van der Waals surface area contributed by atoms with Crippen molar-refractivity contribution in [2.45, 2.75) is 32.3 Å². The lowest BCUT2D eigenvalue weighted by molar-refractivity contribution is 0.120. The summed E-state index contributed by atoms with van der Waals surface area (Å²) in [6.07, 6.45) is 3.94. The van der Waals surface area contributed by atoms with Crippen LogP contribution in [0.15, 0.2) is 18.2 Å². The maximum Gasteiger partial charge on any atom is 0.121 e. The molecule has 1 aliphatic carbocycles. The fourth-order valence-electron chi connectivity index (χ4n) is 1.48. The number of hydrogen-bond donors (Lipinski definition) is 0. The van der Waals surface area contributed by atoms with Gasteiger partial charge >= 0.3 is 0 Å². The zero-order valence-electron chi connectivity index (χ0n) is 8.29. The molecule has 1 fully saturated rings. The van der Waals surface area contributed by atoms with Crippen LogP contribution in [0.3, 0.4) is 0 Å². The maximum absolute atomic E-state index is 8.84. The van der Waals surface area contributed by atoms with Gasteiger partial charge in [-0.1, -0.05) is 6.07 Å². The van der Waals surface area contributed by atoms with Gasteiger partial charge in [0.15, 0.2) is 0 Å². The molecule has 2 nitrogen and oxygen atoms in total. The van der Waals surface area contributed by atoms with E-state index >= 15 is 0 Å². The first-order chi connectivity index (χ1) is 6.79. The molecule has 0 N–H and O–H groups in total. The predicted octanol–water partition coefficient (Wildman–Crippen LogP) is 2.80. The van der Waals surface area contributed by atoms with Gasteiger partial charge in [-0.15, -0.1) is 0 Å². The van der Waals surface area contributed by atoms with Gasteiger partial charge in [-0.25, -0.2) is 0 Å². The Morgan fingerprint density at radius 3 is 2.79 bits per heavy atom. The topological polar surface area (TPSA) is 33.0 Å². The van der Waals surface area contributed by atoms with E-state index in [0.717, 1.165) is 24.2 Å².